The molecule has 0 amide bonds. The van der Waals surface area contributed by atoms with Crippen LogP contribution in [-0.4, -0.2) is 36.7 Å². The second-order valence-electron chi connectivity index (χ2n) is 3.15. The Kier molecular flexibility index (Phi) is 6.08. The highest BCUT2D eigenvalue weighted by molar-refractivity contribution is 7.99. The van der Waals surface area contributed by atoms with Crippen molar-refractivity contribution in [1.29, 1.82) is 0 Å². The topological polar surface area (TPSA) is 3.24 Å². The van der Waals surface area contributed by atoms with Crippen molar-refractivity contribution in [3.05, 3.63) is 30.3 Å². The van der Waals surface area contributed by atoms with Crippen molar-refractivity contribution in [3.63, 3.8) is 0 Å². The first kappa shape index (κ1) is 11.9. The average Bonchev–Trinajstić information content (AvgIpc) is 2.20. The lowest BCUT2D eigenvalue weighted by Gasteiger charge is -2.13. The molecule has 0 saturated heterocycles. The van der Waals surface area contributed by atoms with Crippen LogP contribution in [0, 0.1) is 0 Å². The number of hydrogen-bond donors (Lipinski definition) is 0. The summed E-state index contributed by atoms with van der Waals surface area (Å²) in [7, 11) is 2.11. The van der Waals surface area contributed by atoms with Crippen LogP contribution in [-0.2, 0) is 0 Å². The third-order valence-corrected chi connectivity index (χ3v) is 3.11. The predicted molar refractivity (Wildman–Crippen MR) is 65.4 cm³/mol. The van der Waals surface area contributed by atoms with Crippen LogP contribution in [0.3, 0.4) is 0 Å². The predicted octanol–water partition coefficient (Wildman–Crippen LogP) is 2.95. The van der Waals surface area contributed by atoms with Gasteiger partial charge in [0.2, 0.25) is 0 Å². The van der Waals surface area contributed by atoms with E-state index in [1.54, 1.807) is 0 Å². The quantitative estimate of drug-likeness (QED) is 0.545. The van der Waals surface area contributed by atoms with E-state index in [0.717, 1.165) is 18.8 Å². The number of benzene rings is 1. The first-order chi connectivity index (χ1) is 6.83. The Labute approximate surface area is 95.4 Å². The highest BCUT2D eigenvalue weighted by Crippen LogP contribution is 2.16. The molecule has 0 spiro atoms. The molecule has 0 aliphatic carbocycles. The molecule has 1 rings (SSSR count). The van der Waals surface area contributed by atoms with Crippen molar-refractivity contribution in [2.45, 2.75) is 4.90 Å². The lowest BCUT2D eigenvalue weighted by Crippen LogP contribution is -2.23. The largest absolute Gasteiger partial charge is 0.304 e. The van der Waals surface area contributed by atoms with Gasteiger partial charge in [0, 0.05) is 29.6 Å². The van der Waals surface area contributed by atoms with E-state index in [-0.39, 0.29) is 0 Å². The van der Waals surface area contributed by atoms with Gasteiger partial charge in [-0.15, -0.1) is 23.4 Å². The fourth-order valence-corrected chi connectivity index (χ4v) is 2.37. The molecule has 0 aromatic heterocycles. The van der Waals surface area contributed by atoms with Crippen molar-refractivity contribution in [1.82, 2.24) is 4.90 Å². The van der Waals surface area contributed by atoms with Gasteiger partial charge in [0.05, 0.1) is 0 Å². The van der Waals surface area contributed by atoms with Crippen molar-refractivity contribution in [2.24, 2.45) is 0 Å². The minimum Gasteiger partial charge on any atom is -0.304 e. The molecule has 0 unspecified atom stereocenters. The summed E-state index contributed by atoms with van der Waals surface area (Å²) in [6.07, 6.45) is 0. The van der Waals surface area contributed by atoms with Gasteiger partial charge < -0.3 is 4.90 Å². The number of thioether (sulfide) groups is 1. The second-order valence-corrected chi connectivity index (χ2v) is 4.70. The van der Waals surface area contributed by atoms with Crippen LogP contribution in [0.2, 0.25) is 0 Å². The van der Waals surface area contributed by atoms with Gasteiger partial charge >= 0.3 is 0 Å². The summed E-state index contributed by atoms with van der Waals surface area (Å²) in [6, 6.07) is 10.5. The summed E-state index contributed by atoms with van der Waals surface area (Å²) in [5.41, 5.74) is 0. The summed E-state index contributed by atoms with van der Waals surface area (Å²) in [5, 5.41) is 0. The SMILES string of the molecule is CN(CCCl)CCSc1ccccc1. The van der Waals surface area contributed by atoms with E-state index in [9.17, 15) is 0 Å². The summed E-state index contributed by atoms with van der Waals surface area (Å²) in [4.78, 5) is 3.59. The molecular weight excluding hydrogens is 214 g/mol. The van der Waals surface area contributed by atoms with E-state index in [2.05, 4.69) is 36.2 Å². The Morgan fingerprint density at radius 1 is 1.21 bits per heavy atom. The molecule has 0 N–H and O–H groups in total. The highest BCUT2D eigenvalue weighted by atomic mass is 35.5. The molecule has 0 fully saturated rings. The van der Waals surface area contributed by atoms with Crippen LogP contribution >= 0.6 is 23.4 Å². The highest BCUT2D eigenvalue weighted by Gasteiger charge is 1.97. The van der Waals surface area contributed by atoms with Gasteiger partial charge in [0.25, 0.3) is 0 Å². The minimum absolute atomic E-state index is 0.715. The summed E-state index contributed by atoms with van der Waals surface area (Å²) in [6.45, 7) is 2.06. The van der Waals surface area contributed by atoms with Crippen LogP contribution in [0.4, 0.5) is 0 Å². The Hall–Kier alpha value is -0.180. The monoisotopic (exact) mass is 229 g/mol. The second kappa shape index (κ2) is 7.16. The number of nitrogens with zero attached hydrogens (tertiary/aromatic N) is 1. The Bertz CT molecular complexity index is 240. The van der Waals surface area contributed by atoms with Gasteiger partial charge in [0.1, 0.15) is 0 Å². The van der Waals surface area contributed by atoms with E-state index in [1.807, 2.05) is 17.8 Å². The molecule has 14 heavy (non-hydrogen) atoms. The van der Waals surface area contributed by atoms with E-state index in [1.165, 1.54) is 4.90 Å². The molecule has 1 aromatic rings. The van der Waals surface area contributed by atoms with E-state index in [4.69, 9.17) is 11.6 Å². The summed E-state index contributed by atoms with van der Waals surface area (Å²) >= 11 is 7.53. The van der Waals surface area contributed by atoms with E-state index < -0.39 is 0 Å². The fourth-order valence-electron chi connectivity index (χ4n) is 1.09. The Morgan fingerprint density at radius 2 is 1.93 bits per heavy atom. The van der Waals surface area contributed by atoms with Gasteiger partial charge in [0.15, 0.2) is 0 Å². The molecule has 78 valence electrons. The van der Waals surface area contributed by atoms with Crippen molar-refractivity contribution >= 4 is 23.4 Å². The Morgan fingerprint density at radius 3 is 2.57 bits per heavy atom. The van der Waals surface area contributed by atoms with Crippen LogP contribution in [0.1, 0.15) is 0 Å². The molecule has 0 atom stereocenters. The molecule has 1 aromatic carbocycles. The summed E-state index contributed by atoms with van der Waals surface area (Å²) in [5.74, 6) is 1.84. The molecule has 0 aliphatic heterocycles. The maximum atomic E-state index is 5.64. The lowest BCUT2D eigenvalue weighted by molar-refractivity contribution is 0.379. The molecular formula is C11H16ClNS. The van der Waals surface area contributed by atoms with Gasteiger partial charge in [-0.1, -0.05) is 18.2 Å². The van der Waals surface area contributed by atoms with Crippen molar-refractivity contribution in [2.75, 3.05) is 31.8 Å². The molecule has 3 heteroatoms. The molecule has 0 heterocycles. The number of rotatable bonds is 6. The maximum absolute atomic E-state index is 5.64. The van der Waals surface area contributed by atoms with Crippen LogP contribution in [0.5, 0.6) is 0 Å². The molecule has 1 nitrogen and oxygen atoms in total. The standard InChI is InChI=1S/C11H16ClNS/c1-13(8-7-12)9-10-14-11-5-3-2-4-6-11/h2-6H,7-10H2,1H3. The van der Waals surface area contributed by atoms with E-state index in [0.29, 0.717) is 5.88 Å². The zero-order valence-electron chi connectivity index (χ0n) is 8.45. The average molecular weight is 230 g/mol. The Balaban J connectivity index is 2.16. The lowest BCUT2D eigenvalue weighted by atomic mass is 10.4. The number of hydrogen-bond acceptors (Lipinski definition) is 2. The summed E-state index contributed by atoms with van der Waals surface area (Å²) < 4.78 is 0. The first-order valence-corrected chi connectivity index (χ1v) is 6.27. The zero-order valence-corrected chi connectivity index (χ0v) is 10.0. The maximum Gasteiger partial charge on any atom is 0.0351 e. The normalized spacial score (nSPS) is 10.8. The van der Waals surface area contributed by atoms with Crippen LogP contribution in [0.15, 0.2) is 35.2 Å². The smallest absolute Gasteiger partial charge is 0.0351 e. The third-order valence-electron chi connectivity index (χ3n) is 1.95. The van der Waals surface area contributed by atoms with Gasteiger partial charge in [-0.3, -0.25) is 0 Å². The van der Waals surface area contributed by atoms with Crippen LogP contribution < -0.4 is 0 Å². The number of alkyl halides is 1. The molecule has 0 radical (unpaired) electrons. The minimum atomic E-state index is 0.715. The fraction of sp³-hybridized carbons (Fsp3) is 0.455. The first-order valence-electron chi connectivity index (χ1n) is 4.75. The van der Waals surface area contributed by atoms with Crippen molar-refractivity contribution < 1.29 is 0 Å². The molecule has 0 bridgehead atoms. The van der Waals surface area contributed by atoms with E-state index >= 15 is 0 Å². The number of halogens is 1. The molecule has 0 aliphatic rings. The third kappa shape index (κ3) is 4.89. The van der Waals surface area contributed by atoms with Gasteiger partial charge in [-0.25, -0.2) is 0 Å². The van der Waals surface area contributed by atoms with Gasteiger partial charge in [-0.2, -0.15) is 0 Å². The zero-order chi connectivity index (χ0) is 10.2. The van der Waals surface area contributed by atoms with Crippen LogP contribution in [0.25, 0.3) is 0 Å². The van der Waals surface area contributed by atoms with Gasteiger partial charge in [-0.05, 0) is 19.2 Å². The molecule has 0 saturated carbocycles. The van der Waals surface area contributed by atoms with Crippen molar-refractivity contribution in [3.8, 4) is 0 Å².